The first-order chi connectivity index (χ1) is 33.0. The van der Waals surface area contributed by atoms with Crippen molar-refractivity contribution in [1.82, 2.24) is 15.1 Å². The number of carbonyl (C=O) groups excluding carboxylic acids is 3. The molecule has 4 aromatic carbocycles. The third-order valence-electron chi connectivity index (χ3n) is 13.2. The average Bonchev–Trinajstić information content (AvgIpc) is 3.75. The molecular formula is C53H63N3O12S. The Morgan fingerprint density at radius 2 is 1.65 bits per heavy atom. The van der Waals surface area contributed by atoms with E-state index in [9.17, 15) is 14.7 Å². The summed E-state index contributed by atoms with van der Waals surface area (Å²) < 4.78 is 48.5. The number of likely N-dealkylation sites (N-methyl/N-ethyl adjacent to an activating group) is 1. The zero-order valence-corrected chi connectivity index (χ0v) is 42.1. The fourth-order valence-electron chi connectivity index (χ4n) is 10.5. The van der Waals surface area contributed by atoms with Gasteiger partial charge in [-0.25, -0.2) is 14.4 Å². The predicted octanol–water partition coefficient (Wildman–Crippen LogP) is 8.67. The van der Waals surface area contributed by atoms with Gasteiger partial charge in [0.15, 0.2) is 40.0 Å². The summed E-state index contributed by atoms with van der Waals surface area (Å²) in [5, 5.41) is 15.3. The summed E-state index contributed by atoms with van der Waals surface area (Å²) in [4.78, 5) is 46.6. The Labute approximate surface area is 408 Å². The molecule has 6 aliphatic heterocycles. The zero-order chi connectivity index (χ0) is 49.5. The average molecular weight is 966 g/mol. The molecule has 0 aromatic heterocycles. The number of phenolic OH excluding ortho intramolecular Hbond substituents is 1. The van der Waals surface area contributed by atoms with Crippen molar-refractivity contribution >= 4 is 35.9 Å². The van der Waals surface area contributed by atoms with Crippen LogP contribution < -0.4 is 33.7 Å². The molecule has 15 nitrogen and oxygen atoms in total. The number of aromatic hydroxyl groups is 1. The summed E-state index contributed by atoms with van der Waals surface area (Å²) in [5.41, 5.74) is 4.55. The van der Waals surface area contributed by atoms with Crippen LogP contribution in [0.1, 0.15) is 102 Å². The number of fused-ring (bicyclic) bond motifs is 6. The summed E-state index contributed by atoms with van der Waals surface area (Å²) in [6.45, 7) is 13.8. The van der Waals surface area contributed by atoms with Crippen molar-refractivity contribution in [3.63, 3.8) is 0 Å². The molecule has 0 aliphatic carbocycles. The smallest absolute Gasteiger partial charge is 0.504 e. The number of benzene rings is 4. The molecule has 1 saturated heterocycles. The van der Waals surface area contributed by atoms with E-state index in [-0.39, 0.29) is 36.4 Å². The highest BCUT2D eigenvalue weighted by atomic mass is 32.2. The SMILES string of the molecule is CC.COc1cc2c(cc1OC(=O)OC(C)(C)C)CCN[C@]21CSC2c3c(OC(=O)/C=C/c4ccccc4)c(C)c4c(c3C(COC1=O)N1CCc3cc(C)c(OC)c(O)c3C(N(C)C)C21)OCO4. The van der Waals surface area contributed by atoms with Crippen LogP contribution in [0.4, 0.5) is 4.79 Å². The number of carbonyl (C=O) groups is 3. The lowest BCUT2D eigenvalue weighted by atomic mass is 9.80. The summed E-state index contributed by atoms with van der Waals surface area (Å²) in [5.74, 6) is 1.22. The molecule has 69 heavy (non-hydrogen) atoms. The van der Waals surface area contributed by atoms with E-state index in [0.717, 1.165) is 38.9 Å². The van der Waals surface area contributed by atoms with Crippen molar-refractivity contribution in [3.8, 4) is 40.2 Å². The Morgan fingerprint density at radius 1 is 0.913 bits per heavy atom. The van der Waals surface area contributed by atoms with Crippen LogP contribution in [0.15, 0.2) is 54.6 Å². The first kappa shape index (κ1) is 49.5. The second kappa shape index (κ2) is 19.8. The van der Waals surface area contributed by atoms with Crippen LogP contribution >= 0.6 is 11.8 Å². The van der Waals surface area contributed by atoms with Gasteiger partial charge in [-0.1, -0.05) is 50.2 Å². The van der Waals surface area contributed by atoms with Gasteiger partial charge in [0.25, 0.3) is 0 Å². The van der Waals surface area contributed by atoms with E-state index in [2.05, 4.69) is 21.2 Å². The van der Waals surface area contributed by atoms with E-state index in [4.69, 9.17) is 37.9 Å². The number of thioether (sulfide) groups is 1. The van der Waals surface area contributed by atoms with E-state index in [1.165, 1.54) is 24.9 Å². The molecule has 2 bridgehead atoms. The number of methoxy groups -OCH3 is 2. The van der Waals surface area contributed by atoms with Gasteiger partial charge in [-0.2, -0.15) is 0 Å². The molecule has 368 valence electrons. The fraction of sp³-hybridized carbons (Fsp3) is 0.453. The van der Waals surface area contributed by atoms with E-state index in [1.54, 1.807) is 46.1 Å². The minimum atomic E-state index is -1.42. The molecule has 2 N–H and O–H groups in total. The minimum absolute atomic E-state index is 0.0499. The van der Waals surface area contributed by atoms with Crippen molar-refractivity contribution < 1.29 is 57.4 Å². The van der Waals surface area contributed by atoms with Crippen molar-refractivity contribution in [3.05, 3.63) is 105 Å². The van der Waals surface area contributed by atoms with Crippen molar-refractivity contribution in [2.45, 2.75) is 95.8 Å². The van der Waals surface area contributed by atoms with Crippen LogP contribution in [0.25, 0.3) is 6.08 Å². The Bertz CT molecular complexity index is 2660. The second-order valence-electron chi connectivity index (χ2n) is 18.7. The molecular weight excluding hydrogens is 903 g/mol. The van der Waals surface area contributed by atoms with Crippen molar-refractivity contribution in [1.29, 1.82) is 0 Å². The Balaban J connectivity index is 0.00000317. The lowest BCUT2D eigenvalue weighted by Gasteiger charge is -2.52. The monoisotopic (exact) mass is 965 g/mol. The highest BCUT2D eigenvalue weighted by Crippen LogP contribution is 2.62. The van der Waals surface area contributed by atoms with Gasteiger partial charge in [-0.3, -0.25) is 10.2 Å². The normalized spacial score (nSPS) is 22.5. The summed E-state index contributed by atoms with van der Waals surface area (Å²) in [7, 11) is 7.01. The van der Waals surface area contributed by atoms with Gasteiger partial charge in [-0.05, 0) is 108 Å². The maximum atomic E-state index is 15.1. The second-order valence-corrected chi connectivity index (χ2v) is 19.8. The van der Waals surface area contributed by atoms with Gasteiger partial charge in [0, 0.05) is 53.2 Å². The van der Waals surface area contributed by atoms with E-state index in [1.807, 2.05) is 72.1 Å². The van der Waals surface area contributed by atoms with Gasteiger partial charge in [0.2, 0.25) is 6.79 Å². The van der Waals surface area contributed by atoms with Crippen LogP contribution in [0, 0.1) is 13.8 Å². The molecule has 6 aliphatic rings. The van der Waals surface area contributed by atoms with Crippen molar-refractivity contribution in [2.75, 3.05) is 60.6 Å². The number of phenols is 1. The number of rotatable bonds is 7. The number of nitrogens with one attached hydrogen (secondary N) is 1. The largest absolute Gasteiger partial charge is 0.514 e. The molecule has 6 heterocycles. The molecule has 1 fully saturated rings. The molecule has 0 saturated carbocycles. The number of esters is 2. The number of nitrogens with zero attached hydrogens (tertiary/aromatic N) is 2. The third-order valence-corrected chi connectivity index (χ3v) is 14.7. The van der Waals surface area contributed by atoms with Crippen LogP contribution in [-0.4, -0.2) is 105 Å². The third kappa shape index (κ3) is 9.08. The Morgan fingerprint density at radius 3 is 2.35 bits per heavy atom. The summed E-state index contributed by atoms with van der Waals surface area (Å²) >= 11 is 1.53. The van der Waals surface area contributed by atoms with E-state index in [0.29, 0.717) is 60.1 Å². The Kier molecular flexibility index (Phi) is 14.2. The first-order valence-corrected chi connectivity index (χ1v) is 24.5. The lowest BCUT2D eigenvalue weighted by molar-refractivity contribution is -0.154. The Hall–Kier alpha value is -5.94. The maximum Gasteiger partial charge on any atom is 0.514 e. The molecule has 5 atom stereocenters. The predicted molar refractivity (Wildman–Crippen MR) is 262 cm³/mol. The molecule has 4 unspecified atom stereocenters. The standard InChI is InChI=1S/C51H57N3O12S.C2H6/c1-27-21-31-18-20-54-33-24-61-48(57)51(32-23-34(59-8)35(22-30(32)17-19-52-51)64-49(58)66-50(3,4)5)25-67-47(41(54)40(53(6)7)37(31)42(56)43(27)60-9)39-38(33)46-45(62-26-63-46)28(2)44(39)65-36(55)16-15-29-13-11-10-12-14-29;1-2/h10-16,21-23,33,40-41,47,52,56H,17-20,24-26H2,1-9H3;1-2H3/b16-15+;/t33?,40?,41?,47?,51-;/m1./s1. The number of hydrogen-bond donors (Lipinski definition) is 2. The number of aryl methyl sites for hydroxylation is 1. The van der Waals surface area contributed by atoms with Crippen LogP contribution in [-0.2, 0) is 37.4 Å². The van der Waals surface area contributed by atoms with Gasteiger partial charge in [0.1, 0.15) is 18.0 Å². The molecule has 0 amide bonds. The topological polar surface area (TPSA) is 164 Å². The van der Waals surface area contributed by atoms with Crippen LogP contribution in [0.5, 0.6) is 40.2 Å². The van der Waals surface area contributed by atoms with E-state index < -0.39 is 52.6 Å². The number of hydrogen-bond acceptors (Lipinski definition) is 16. The molecule has 16 heteroatoms. The molecule has 4 aromatic rings. The van der Waals surface area contributed by atoms with Gasteiger partial charge in [0.05, 0.1) is 31.6 Å². The maximum absolute atomic E-state index is 15.1. The molecule has 10 rings (SSSR count). The van der Waals surface area contributed by atoms with Crippen LogP contribution in [0.2, 0.25) is 0 Å². The van der Waals surface area contributed by atoms with Gasteiger partial charge < -0.3 is 47.9 Å². The summed E-state index contributed by atoms with van der Waals surface area (Å²) in [6.07, 6.45) is 3.31. The van der Waals surface area contributed by atoms with Gasteiger partial charge >= 0.3 is 18.1 Å². The minimum Gasteiger partial charge on any atom is -0.504 e. The number of ether oxygens (including phenoxy) is 8. The van der Waals surface area contributed by atoms with Crippen molar-refractivity contribution in [2.24, 2.45) is 0 Å². The summed E-state index contributed by atoms with van der Waals surface area (Å²) in [6, 6.07) is 13.5. The van der Waals surface area contributed by atoms with E-state index >= 15 is 4.79 Å². The first-order valence-electron chi connectivity index (χ1n) is 23.4. The molecule has 0 radical (unpaired) electrons. The van der Waals surface area contributed by atoms with Gasteiger partial charge in [-0.15, -0.1) is 11.8 Å². The lowest BCUT2D eigenvalue weighted by Crippen LogP contribution is -2.58. The highest BCUT2D eigenvalue weighted by molar-refractivity contribution is 7.99. The zero-order valence-electron chi connectivity index (χ0n) is 41.3. The quantitative estimate of drug-likeness (QED) is 0.0782. The fourth-order valence-corrected chi connectivity index (χ4v) is 12.2. The molecule has 1 spiro atoms. The van der Waals surface area contributed by atoms with Crippen LogP contribution in [0.3, 0.4) is 0 Å². The highest BCUT2D eigenvalue weighted by Gasteiger charge is 2.56.